The molecule has 6 nitrogen and oxygen atoms in total. The normalized spacial score (nSPS) is 11.4. The van der Waals surface area contributed by atoms with E-state index >= 15 is 0 Å². The number of aromatic amines is 1. The molecule has 0 unspecified atom stereocenters. The molecule has 0 amide bonds. The summed E-state index contributed by atoms with van der Waals surface area (Å²) in [5.41, 5.74) is 7.15. The second-order valence-electron chi connectivity index (χ2n) is 4.93. The third-order valence-corrected chi connectivity index (χ3v) is 4.20. The highest BCUT2D eigenvalue weighted by Gasteiger charge is 2.14. The van der Waals surface area contributed by atoms with E-state index in [0.29, 0.717) is 10.8 Å². The van der Waals surface area contributed by atoms with Crippen LogP contribution < -0.4 is 11.4 Å². The minimum atomic E-state index is -0.203. The van der Waals surface area contributed by atoms with Gasteiger partial charge in [-0.3, -0.25) is 9.55 Å². The molecule has 0 radical (unpaired) electrons. The summed E-state index contributed by atoms with van der Waals surface area (Å²) in [6.45, 7) is 3.90. The van der Waals surface area contributed by atoms with Gasteiger partial charge in [0.2, 0.25) is 0 Å². The Balaban J connectivity index is 2.11. The largest absolute Gasteiger partial charge is 0.397 e. The van der Waals surface area contributed by atoms with Crippen molar-refractivity contribution in [2.24, 2.45) is 0 Å². The summed E-state index contributed by atoms with van der Waals surface area (Å²) >= 11 is 1.43. The van der Waals surface area contributed by atoms with Crippen LogP contribution in [0.2, 0.25) is 0 Å². The van der Waals surface area contributed by atoms with Gasteiger partial charge >= 0.3 is 5.69 Å². The van der Waals surface area contributed by atoms with E-state index < -0.39 is 0 Å². The molecule has 0 atom stereocenters. The van der Waals surface area contributed by atoms with E-state index in [2.05, 4.69) is 15.2 Å². The van der Waals surface area contributed by atoms with E-state index in [1.54, 1.807) is 10.8 Å². The number of nitrogens with one attached hydrogen (secondary N) is 1. The first-order valence-electron chi connectivity index (χ1n) is 6.56. The van der Waals surface area contributed by atoms with Gasteiger partial charge in [0, 0.05) is 22.5 Å². The van der Waals surface area contributed by atoms with Crippen molar-refractivity contribution in [3.63, 3.8) is 0 Å². The first kappa shape index (κ1) is 13.7. The monoisotopic (exact) mass is 301 g/mol. The van der Waals surface area contributed by atoms with E-state index in [4.69, 9.17) is 5.73 Å². The Bertz CT molecular complexity index is 852. The number of fused-ring (bicyclic) bond motifs is 1. The fourth-order valence-electron chi connectivity index (χ4n) is 2.18. The van der Waals surface area contributed by atoms with Gasteiger partial charge in [-0.15, -0.1) is 5.10 Å². The molecule has 0 spiro atoms. The summed E-state index contributed by atoms with van der Waals surface area (Å²) < 4.78 is 1.63. The molecule has 3 aromatic rings. The van der Waals surface area contributed by atoms with Crippen LogP contribution in [0.4, 0.5) is 5.69 Å². The molecule has 21 heavy (non-hydrogen) atoms. The molecule has 0 saturated heterocycles. The van der Waals surface area contributed by atoms with Crippen LogP contribution in [0.3, 0.4) is 0 Å². The van der Waals surface area contributed by atoms with Crippen LogP contribution in [-0.4, -0.2) is 19.7 Å². The van der Waals surface area contributed by atoms with Crippen LogP contribution in [0.1, 0.15) is 19.9 Å². The Morgan fingerprint density at radius 1 is 1.33 bits per heavy atom. The van der Waals surface area contributed by atoms with Gasteiger partial charge in [-0.1, -0.05) is 12.1 Å². The molecule has 0 aliphatic carbocycles. The molecular formula is C14H15N5OS. The number of nitrogens with zero attached hydrogens (tertiary/aromatic N) is 3. The van der Waals surface area contributed by atoms with E-state index in [1.807, 2.05) is 38.1 Å². The Morgan fingerprint density at radius 2 is 2.14 bits per heavy atom. The minimum absolute atomic E-state index is 0.0388. The van der Waals surface area contributed by atoms with Crippen molar-refractivity contribution in [3.8, 4) is 0 Å². The Morgan fingerprint density at radius 3 is 2.90 bits per heavy atom. The van der Waals surface area contributed by atoms with E-state index in [1.165, 1.54) is 11.8 Å². The molecule has 0 aliphatic rings. The van der Waals surface area contributed by atoms with Gasteiger partial charge in [-0.05, 0) is 37.7 Å². The average molecular weight is 301 g/mol. The zero-order chi connectivity index (χ0) is 15.0. The maximum Gasteiger partial charge on any atom is 0.344 e. The SMILES string of the molecule is CC(C)n1c(Sc2ccnc3c(N)cccc23)n[nH]c1=O. The topological polar surface area (TPSA) is 89.6 Å². The number of hydrogen-bond donors (Lipinski definition) is 2. The molecule has 0 fully saturated rings. The van der Waals surface area contributed by atoms with Crippen LogP contribution in [0, 0.1) is 0 Å². The van der Waals surface area contributed by atoms with Gasteiger partial charge in [0.05, 0.1) is 11.2 Å². The first-order valence-corrected chi connectivity index (χ1v) is 7.37. The number of nitrogens with two attached hydrogens (primary N) is 1. The van der Waals surface area contributed by atoms with Crippen molar-refractivity contribution in [2.45, 2.75) is 29.9 Å². The first-order chi connectivity index (χ1) is 10.1. The molecule has 0 saturated carbocycles. The van der Waals surface area contributed by atoms with E-state index in [-0.39, 0.29) is 11.7 Å². The number of benzene rings is 1. The summed E-state index contributed by atoms with van der Waals surface area (Å²) in [6, 6.07) is 7.62. The highest BCUT2D eigenvalue weighted by Crippen LogP contribution is 2.33. The molecule has 7 heteroatoms. The quantitative estimate of drug-likeness (QED) is 0.725. The zero-order valence-electron chi connectivity index (χ0n) is 11.7. The van der Waals surface area contributed by atoms with Crippen LogP contribution in [0.25, 0.3) is 10.9 Å². The van der Waals surface area contributed by atoms with Crippen molar-refractivity contribution in [3.05, 3.63) is 40.9 Å². The minimum Gasteiger partial charge on any atom is -0.397 e. The number of para-hydroxylation sites is 1. The number of aromatic nitrogens is 4. The van der Waals surface area contributed by atoms with Gasteiger partial charge in [0.25, 0.3) is 0 Å². The molecule has 1 aromatic carbocycles. The van der Waals surface area contributed by atoms with Crippen molar-refractivity contribution < 1.29 is 0 Å². The van der Waals surface area contributed by atoms with Crippen molar-refractivity contribution in [1.82, 2.24) is 19.7 Å². The second kappa shape index (κ2) is 5.25. The maximum atomic E-state index is 11.8. The molecular weight excluding hydrogens is 286 g/mol. The van der Waals surface area contributed by atoms with Crippen LogP contribution in [0.5, 0.6) is 0 Å². The van der Waals surface area contributed by atoms with Crippen LogP contribution >= 0.6 is 11.8 Å². The van der Waals surface area contributed by atoms with Gasteiger partial charge in [-0.25, -0.2) is 9.89 Å². The van der Waals surface area contributed by atoms with Gasteiger partial charge < -0.3 is 5.73 Å². The number of H-pyrrole nitrogens is 1. The zero-order valence-corrected chi connectivity index (χ0v) is 12.5. The molecule has 3 N–H and O–H groups in total. The Kier molecular flexibility index (Phi) is 3.42. The summed E-state index contributed by atoms with van der Waals surface area (Å²) in [5.74, 6) is 0. The Labute approximate surface area is 125 Å². The smallest absolute Gasteiger partial charge is 0.344 e. The fraction of sp³-hybridized carbons (Fsp3) is 0.214. The lowest BCUT2D eigenvalue weighted by Gasteiger charge is -2.10. The molecule has 3 rings (SSSR count). The summed E-state index contributed by atoms with van der Waals surface area (Å²) in [4.78, 5) is 17.1. The predicted molar refractivity (Wildman–Crippen MR) is 83.5 cm³/mol. The van der Waals surface area contributed by atoms with Gasteiger partial charge in [0.15, 0.2) is 5.16 Å². The highest BCUT2D eigenvalue weighted by molar-refractivity contribution is 7.99. The maximum absolute atomic E-state index is 11.8. The van der Waals surface area contributed by atoms with Crippen molar-refractivity contribution in [1.29, 1.82) is 0 Å². The number of hydrogen-bond acceptors (Lipinski definition) is 5. The fourth-order valence-corrected chi connectivity index (χ4v) is 3.26. The van der Waals surface area contributed by atoms with Gasteiger partial charge in [-0.2, -0.15) is 0 Å². The summed E-state index contributed by atoms with van der Waals surface area (Å²) in [5, 5.41) is 8.17. The lowest BCUT2D eigenvalue weighted by molar-refractivity contribution is 0.534. The number of nitrogen functional groups attached to an aromatic ring is 1. The predicted octanol–water partition coefficient (Wildman–Crippen LogP) is 2.43. The lowest BCUT2D eigenvalue weighted by atomic mass is 10.2. The van der Waals surface area contributed by atoms with E-state index in [0.717, 1.165) is 15.8 Å². The molecule has 108 valence electrons. The number of anilines is 1. The number of rotatable bonds is 3. The summed E-state index contributed by atoms with van der Waals surface area (Å²) in [7, 11) is 0. The van der Waals surface area contributed by atoms with Crippen LogP contribution in [-0.2, 0) is 0 Å². The lowest BCUT2D eigenvalue weighted by Crippen LogP contribution is -2.19. The standard InChI is InChI=1S/C14H15N5OS/c1-8(2)19-13(20)17-18-14(19)21-11-6-7-16-12-9(11)4-3-5-10(12)15/h3-8H,15H2,1-2H3,(H,17,20). The molecule has 2 heterocycles. The Hall–Kier alpha value is -2.28. The van der Waals surface area contributed by atoms with Gasteiger partial charge in [0.1, 0.15) is 0 Å². The van der Waals surface area contributed by atoms with E-state index in [9.17, 15) is 4.79 Å². The van der Waals surface area contributed by atoms with Crippen LogP contribution in [0.15, 0.2) is 45.3 Å². The molecule has 0 aliphatic heterocycles. The van der Waals surface area contributed by atoms with Crippen molar-refractivity contribution in [2.75, 3.05) is 5.73 Å². The third kappa shape index (κ3) is 2.40. The molecule has 2 aromatic heterocycles. The summed E-state index contributed by atoms with van der Waals surface area (Å²) in [6.07, 6.45) is 1.71. The second-order valence-corrected chi connectivity index (χ2v) is 5.94. The third-order valence-electron chi connectivity index (χ3n) is 3.15. The molecule has 0 bridgehead atoms. The number of pyridine rings is 1. The highest BCUT2D eigenvalue weighted by atomic mass is 32.2. The van der Waals surface area contributed by atoms with Crippen molar-refractivity contribution >= 4 is 28.4 Å². The average Bonchev–Trinajstić information content (AvgIpc) is 2.81.